The number of thiophene rings is 1. The fraction of sp³-hybridized carbons (Fsp3) is 0.600. The molecule has 1 atom stereocenters. The molecule has 0 saturated heterocycles. The first-order chi connectivity index (χ1) is 7.50. The highest BCUT2D eigenvalue weighted by molar-refractivity contribution is 9.10. The van der Waals surface area contributed by atoms with Gasteiger partial charge < -0.3 is 10.5 Å². The number of alkyl halides is 2. The Morgan fingerprint density at radius 3 is 2.75 bits per heavy atom. The summed E-state index contributed by atoms with van der Waals surface area (Å²) in [5.41, 5.74) is 5.92. The van der Waals surface area contributed by atoms with Crippen LogP contribution in [-0.2, 0) is 4.74 Å². The van der Waals surface area contributed by atoms with Crippen LogP contribution in [-0.4, -0.2) is 19.6 Å². The number of hydrogen-bond acceptors (Lipinski definition) is 3. The summed E-state index contributed by atoms with van der Waals surface area (Å²) in [6, 6.07) is 1.82. The molecule has 1 rings (SSSR count). The Bertz CT molecular complexity index is 313. The van der Waals surface area contributed by atoms with E-state index in [4.69, 9.17) is 10.5 Å². The van der Waals surface area contributed by atoms with Crippen LogP contribution in [0.1, 0.15) is 22.2 Å². The van der Waals surface area contributed by atoms with Crippen LogP contribution in [0.5, 0.6) is 0 Å². The minimum absolute atomic E-state index is 0.146. The summed E-state index contributed by atoms with van der Waals surface area (Å²) in [6.45, 7) is 1.75. The van der Waals surface area contributed by atoms with Gasteiger partial charge in [-0.05, 0) is 35.3 Å². The Morgan fingerprint density at radius 2 is 2.25 bits per heavy atom. The molecule has 2 nitrogen and oxygen atoms in total. The van der Waals surface area contributed by atoms with Crippen LogP contribution in [0.4, 0.5) is 8.78 Å². The van der Waals surface area contributed by atoms with E-state index in [1.54, 1.807) is 11.3 Å². The number of rotatable bonds is 6. The first-order valence-corrected chi connectivity index (χ1v) is 6.49. The average Bonchev–Trinajstić information content (AvgIpc) is 2.54. The van der Waals surface area contributed by atoms with Crippen LogP contribution in [0.15, 0.2) is 10.5 Å². The normalized spacial score (nSPS) is 13.4. The Balaban J connectivity index is 2.32. The Hall–Kier alpha value is -0.0400. The molecule has 1 unspecified atom stereocenters. The molecule has 0 aliphatic heterocycles. The fourth-order valence-electron chi connectivity index (χ4n) is 1.19. The van der Waals surface area contributed by atoms with Crippen LogP contribution < -0.4 is 5.73 Å². The zero-order valence-electron chi connectivity index (χ0n) is 8.88. The summed E-state index contributed by atoms with van der Waals surface area (Å²) in [5.74, 6) is 0. The summed E-state index contributed by atoms with van der Waals surface area (Å²) in [7, 11) is 0. The van der Waals surface area contributed by atoms with Gasteiger partial charge >= 0.3 is 0 Å². The zero-order valence-corrected chi connectivity index (χ0v) is 11.3. The van der Waals surface area contributed by atoms with Gasteiger partial charge in [-0.15, -0.1) is 11.3 Å². The predicted molar refractivity (Wildman–Crippen MR) is 65.1 cm³/mol. The molecule has 0 bridgehead atoms. The molecule has 0 aromatic carbocycles. The summed E-state index contributed by atoms with van der Waals surface area (Å²) >= 11 is 5.02. The van der Waals surface area contributed by atoms with Gasteiger partial charge in [0, 0.05) is 26.9 Å². The zero-order chi connectivity index (χ0) is 12.1. The van der Waals surface area contributed by atoms with Crippen molar-refractivity contribution in [1.82, 2.24) is 0 Å². The van der Waals surface area contributed by atoms with Crippen LogP contribution in [0.2, 0.25) is 0 Å². The number of halogens is 3. The molecular formula is C10H14BrF2NOS. The highest BCUT2D eigenvalue weighted by Crippen LogP contribution is 2.30. The third-order valence-electron chi connectivity index (χ3n) is 2.06. The van der Waals surface area contributed by atoms with Crippen LogP contribution in [0, 0.1) is 6.92 Å². The molecule has 0 amide bonds. The molecule has 92 valence electrons. The lowest BCUT2D eigenvalue weighted by atomic mass is 10.2. The predicted octanol–water partition coefficient (Wildman–Crippen LogP) is 3.49. The van der Waals surface area contributed by atoms with E-state index in [1.807, 2.05) is 13.0 Å². The SMILES string of the molecule is Cc1sc(C(N)CCOCC(F)F)cc1Br. The first kappa shape index (κ1) is 14.0. The number of ether oxygens (including phenoxy) is 1. The molecule has 16 heavy (non-hydrogen) atoms. The van der Waals surface area contributed by atoms with Gasteiger partial charge in [0.1, 0.15) is 6.61 Å². The van der Waals surface area contributed by atoms with Gasteiger partial charge in [0.15, 0.2) is 0 Å². The Labute approximate surface area is 106 Å². The van der Waals surface area contributed by atoms with Gasteiger partial charge in [0.05, 0.1) is 0 Å². The van der Waals surface area contributed by atoms with E-state index in [-0.39, 0.29) is 12.6 Å². The second-order valence-corrected chi connectivity index (χ2v) is 5.56. The maximum Gasteiger partial charge on any atom is 0.261 e. The smallest absolute Gasteiger partial charge is 0.261 e. The number of nitrogens with two attached hydrogens (primary N) is 1. The summed E-state index contributed by atoms with van der Waals surface area (Å²) in [6.07, 6.45) is -1.85. The Kier molecular flexibility index (Phi) is 5.82. The Morgan fingerprint density at radius 1 is 1.56 bits per heavy atom. The topological polar surface area (TPSA) is 35.2 Å². The summed E-state index contributed by atoms with van der Waals surface area (Å²) in [5, 5.41) is 0. The van der Waals surface area contributed by atoms with Crippen LogP contribution in [0.25, 0.3) is 0 Å². The summed E-state index contributed by atoms with van der Waals surface area (Å²) in [4.78, 5) is 2.21. The monoisotopic (exact) mass is 313 g/mol. The maximum atomic E-state index is 11.8. The van der Waals surface area contributed by atoms with Gasteiger partial charge in [-0.3, -0.25) is 0 Å². The molecule has 0 fully saturated rings. The second-order valence-electron chi connectivity index (χ2n) is 3.41. The molecule has 1 aromatic heterocycles. The molecule has 0 saturated carbocycles. The third kappa shape index (κ3) is 4.45. The van der Waals surface area contributed by atoms with Gasteiger partial charge in [0.25, 0.3) is 6.43 Å². The average molecular weight is 314 g/mol. The van der Waals surface area contributed by atoms with Crippen molar-refractivity contribution in [2.75, 3.05) is 13.2 Å². The van der Waals surface area contributed by atoms with Crippen molar-refractivity contribution >= 4 is 27.3 Å². The standard InChI is InChI=1S/C10H14BrF2NOS/c1-6-7(11)4-9(16-6)8(14)2-3-15-5-10(12)13/h4,8,10H,2-3,5,14H2,1H3. The van der Waals surface area contributed by atoms with Crippen molar-refractivity contribution in [2.24, 2.45) is 5.73 Å². The molecule has 0 spiro atoms. The first-order valence-electron chi connectivity index (χ1n) is 4.88. The van der Waals surface area contributed by atoms with Gasteiger partial charge in [-0.1, -0.05) is 0 Å². The van der Waals surface area contributed by atoms with E-state index < -0.39 is 13.0 Å². The van der Waals surface area contributed by atoms with Crippen molar-refractivity contribution < 1.29 is 13.5 Å². The van der Waals surface area contributed by atoms with Crippen LogP contribution in [0.3, 0.4) is 0 Å². The van der Waals surface area contributed by atoms with Gasteiger partial charge in [-0.25, -0.2) is 8.78 Å². The van der Waals surface area contributed by atoms with Crippen molar-refractivity contribution in [3.8, 4) is 0 Å². The van der Waals surface area contributed by atoms with E-state index in [0.717, 1.165) is 9.35 Å². The highest BCUT2D eigenvalue weighted by Gasteiger charge is 2.11. The van der Waals surface area contributed by atoms with Crippen LogP contribution >= 0.6 is 27.3 Å². The highest BCUT2D eigenvalue weighted by atomic mass is 79.9. The van der Waals surface area contributed by atoms with E-state index in [0.29, 0.717) is 6.42 Å². The van der Waals surface area contributed by atoms with Gasteiger partial charge in [-0.2, -0.15) is 0 Å². The number of hydrogen-bond donors (Lipinski definition) is 1. The van der Waals surface area contributed by atoms with E-state index in [9.17, 15) is 8.78 Å². The molecule has 0 aliphatic rings. The quantitative estimate of drug-likeness (QED) is 0.816. The van der Waals surface area contributed by atoms with E-state index in [1.165, 1.54) is 4.88 Å². The maximum absolute atomic E-state index is 11.8. The van der Waals surface area contributed by atoms with Crippen molar-refractivity contribution in [1.29, 1.82) is 0 Å². The third-order valence-corrected chi connectivity index (χ3v) is 4.33. The lowest BCUT2D eigenvalue weighted by molar-refractivity contribution is 0.0153. The lowest BCUT2D eigenvalue weighted by Crippen LogP contribution is -2.13. The molecule has 6 heteroatoms. The van der Waals surface area contributed by atoms with Crippen molar-refractivity contribution in [3.05, 3.63) is 20.3 Å². The lowest BCUT2D eigenvalue weighted by Gasteiger charge is -2.09. The fourth-order valence-corrected chi connectivity index (χ4v) is 2.79. The molecule has 2 N–H and O–H groups in total. The summed E-state index contributed by atoms with van der Waals surface area (Å²) < 4.78 is 29.4. The van der Waals surface area contributed by atoms with E-state index >= 15 is 0 Å². The largest absolute Gasteiger partial charge is 0.375 e. The number of aryl methyl sites for hydroxylation is 1. The second kappa shape index (κ2) is 6.64. The van der Waals surface area contributed by atoms with E-state index in [2.05, 4.69) is 15.9 Å². The molecule has 0 radical (unpaired) electrons. The molecular weight excluding hydrogens is 300 g/mol. The minimum Gasteiger partial charge on any atom is -0.375 e. The minimum atomic E-state index is -2.41. The molecule has 1 aromatic rings. The van der Waals surface area contributed by atoms with Gasteiger partial charge in [0.2, 0.25) is 0 Å². The molecule has 0 aliphatic carbocycles. The molecule has 1 heterocycles. The van der Waals surface area contributed by atoms with Crippen molar-refractivity contribution in [3.63, 3.8) is 0 Å². The van der Waals surface area contributed by atoms with Crippen molar-refractivity contribution in [2.45, 2.75) is 25.8 Å².